The van der Waals surface area contributed by atoms with Crippen LogP contribution < -0.4 is 11.3 Å². The Hall–Kier alpha value is -0.850. The topological polar surface area (TPSA) is 73.1 Å². The van der Waals surface area contributed by atoms with E-state index in [0.717, 1.165) is 42.5 Å². The molecule has 1 aliphatic heterocycles. The zero-order valence-corrected chi connectivity index (χ0v) is 11.0. The van der Waals surface area contributed by atoms with Crippen LogP contribution in [0, 0.1) is 13.8 Å². The van der Waals surface area contributed by atoms with Gasteiger partial charge in [-0.3, -0.25) is 0 Å². The highest BCUT2D eigenvalue weighted by Gasteiger charge is 2.18. The van der Waals surface area contributed by atoms with Gasteiger partial charge in [0.2, 0.25) is 0 Å². The molecule has 6 heteroatoms. The third kappa shape index (κ3) is 3.08. The molecule has 1 aromatic rings. The van der Waals surface area contributed by atoms with Gasteiger partial charge in [-0.2, -0.15) is 0 Å². The molecule has 0 bridgehead atoms. The van der Waals surface area contributed by atoms with E-state index in [1.165, 1.54) is 0 Å². The second-order valence-corrected chi connectivity index (χ2v) is 5.41. The molecule has 0 aromatic carbocycles. The summed E-state index contributed by atoms with van der Waals surface area (Å²) in [6, 6.07) is 0. The number of anilines is 1. The summed E-state index contributed by atoms with van der Waals surface area (Å²) in [5.41, 5.74) is 3.65. The molecule has 0 amide bonds. The summed E-state index contributed by atoms with van der Waals surface area (Å²) in [4.78, 5) is 8.75. The van der Waals surface area contributed by atoms with E-state index >= 15 is 0 Å². The normalized spacial score (nSPS) is 17.1. The number of hydrazine groups is 1. The second kappa shape index (κ2) is 5.66. The van der Waals surface area contributed by atoms with E-state index < -0.39 is 0 Å². The van der Waals surface area contributed by atoms with E-state index in [1.807, 2.05) is 25.6 Å². The van der Waals surface area contributed by atoms with E-state index in [2.05, 4.69) is 15.4 Å². The van der Waals surface area contributed by atoms with E-state index in [9.17, 15) is 0 Å². The fourth-order valence-electron chi connectivity index (χ4n) is 1.81. The molecule has 0 aliphatic carbocycles. The number of hydrogen-bond donors (Lipinski definition) is 2. The van der Waals surface area contributed by atoms with Crippen LogP contribution in [0.1, 0.15) is 24.2 Å². The molecule has 0 spiro atoms. The Morgan fingerprint density at radius 1 is 1.29 bits per heavy atom. The lowest BCUT2D eigenvalue weighted by Gasteiger charge is -2.22. The van der Waals surface area contributed by atoms with Gasteiger partial charge in [0.25, 0.3) is 0 Å². The van der Waals surface area contributed by atoms with Crippen LogP contribution in [0.2, 0.25) is 0 Å². The standard InChI is InChI=1S/C11H18N4OS/c1-7-10(15-12)13-8(2)14-11(7)17-9-3-5-16-6-4-9/h9H,3-6,12H2,1-2H3,(H,13,14,15). The molecule has 0 atom stereocenters. The molecule has 1 fully saturated rings. The number of aryl methyl sites for hydroxylation is 1. The molecule has 17 heavy (non-hydrogen) atoms. The predicted octanol–water partition coefficient (Wildman–Crippen LogP) is 1.65. The first-order chi connectivity index (χ1) is 8.20. The van der Waals surface area contributed by atoms with Crippen molar-refractivity contribution < 1.29 is 4.74 Å². The van der Waals surface area contributed by atoms with E-state index in [1.54, 1.807) is 0 Å². The number of aromatic nitrogens is 2. The molecular weight excluding hydrogens is 236 g/mol. The van der Waals surface area contributed by atoms with Crippen molar-refractivity contribution in [1.82, 2.24) is 9.97 Å². The number of thioether (sulfide) groups is 1. The van der Waals surface area contributed by atoms with Crippen molar-refractivity contribution in [2.75, 3.05) is 18.6 Å². The van der Waals surface area contributed by atoms with Crippen molar-refractivity contribution in [3.63, 3.8) is 0 Å². The van der Waals surface area contributed by atoms with Gasteiger partial charge < -0.3 is 10.2 Å². The number of nitrogen functional groups attached to an aromatic ring is 1. The third-order valence-electron chi connectivity index (χ3n) is 2.80. The number of nitrogens with one attached hydrogen (secondary N) is 1. The lowest BCUT2D eigenvalue weighted by Crippen LogP contribution is -2.18. The van der Waals surface area contributed by atoms with Gasteiger partial charge in [-0.05, 0) is 26.7 Å². The molecule has 0 unspecified atom stereocenters. The van der Waals surface area contributed by atoms with Crippen LogP contribution in [0.25, 0.3) is 0 Å². The van der Waals surface area contributed by atoms with Gasteiger partial charge in [0.05, 0.1) is 0 Å². The van der Waals surface area contributed by atoms with E-state index in [0.29, 0.717) is 11.1 Å². The Labute approximate surface area is 106 Å². The maximum atomic E-state index is 5.45. The molecule has 94 valence electrons. The van der Waals surface area contributed by atoms with Gasteiger partial charge in [-0.1, -0.05) is 0 Å². The summed E-state index contributed by atoms with van der Waals surface area (Å²) >= 11 is 1.81. The molecular formula is C11H18N4OS. The molecule has 2 heterocycles. The molecule has 0 radical (unpaired) electrons. The lowest BCUT2D eigenvalue weighted by molar-refractivity contribution is 0.1000. The fraction of sp³-hybridized carbons (Fsp3) is 0.636. The first-order valence-corrected chi connectivity index (χ1v) is 6.65. The zero-order valence-electron chi connectivity index (χ0n) is 10.2. The van der Waals surface area contributed by atoms with Crippen LogP contribution in [0.15, 0.2) is 5.03 Å². The van der Waals surface area contributed by atoms with Crippen LogP contribution in [0.3, 0.4) is 0 Å². The first-order valence-electron chi connectivity index (χ1n) is 5.77. The van der Waals surface area contributed by atoms with Crippen molar-refractivity contribution in [1.29, 1.82) is 0 Å². The van der Waals surface area contributed by atoms with Gasteiger partial charge in [0.15, 0.2) is 0 Å². The van der Waals surface area contributed by atoms with Crippen molar-refractivity contribution in [2.24, 2.45) is 5.84 Å². The lowest BCUT2D eigenvalue weighted by atomic mass is 10.2. The second-order valence-electron chi connectivity index (χ2n) is 4.12. The minimum absolute atomic E-state index is 0.586. The Balaban J connectivity index is 2.16. The number of rotatable bonds is 3. The third-order valence-corrected chi connectivity index (χ3v) is 4.22. The largest absolute Gasteiger partial charge is 0.381 e. The number of ether oxygens (including phenoxy) is 1. The highest BCUT2D eigenvalue weighted by Crippen LogP contribution is 2.32. The quantitative estimate of drug-likeness (QED) is 0.485. The molecule has 5 nitrogen and oxygen atoms in total. The average molecular weight is 254 g/mol. The number of nitrogens with two attached hydrogens (primary N) is 1. The van der Waals surface area contributed by atoms with Gasteiger partial charge >= 0.3 is 0 Å². The van der Waals surface area contributed by atoms with Crippen molar-refractivity contribution >= 4 is 17.6 Å². The van der Waals surface area contributed by atoms with Gasteiger partial charge in [0, 0.05) is 24.0 Å². The smallest absolute Gasteiger partial charge is 0.147 e. The molecule has 1 aliphatic rings. The van der Waals surface area contributed by atoms with Crippen LogP contribution in [0.4, 0.5) is 5.82 Å². The molecule has 1 aromatic heterocycles. The van der Waals surface area contributed by atoms with Crippen molar-refractivity contribution in [2.45, 2.75) is 37.0 Å². The van der Waals surface area contributed by atoms with Gasteiger partial charge in [-0.15, -0.1) is 11.8 Å². The summed E-state index contributed by atoms with van der Waals surface area (Å²) in [6.07, 6.45) is 2.16. The summed E-state index contributed by atoms with van der Waals surface area (Å²) in [5, 5.41) is 1.61. The number of nitrogens with zero attached hydrogens (tertiary/aromatic N) is 2. The van der Waals surface area contributed by atoms with Crippen LogP contribution in [0.5, 0.6) is 0 Å². The highest BCUT2D eigenvalue weighted by atomic mass is 32.2. The molecule has 1 saturated heterocycles. The van der Waals surface area contributed by atoms with Gasteiger partial charge in [-0.25, -0.2) is 15.8 Å². The maximum Gasteiger partial charge on any atom is 0.147 e. The summed E-state index contributed by atoms with van der Waals surface area (Å²) < 4.78 is 5.36. The van der Waals surface area contributed by atoms with E-state index in [-0.39, 0.29) is 0 Å². The van der Waals surface area contributed by atoms with Crippen molar-refractivity contribution in [3.05, 3.63) is 11.4 Å². The monoisotopic (exact) mass is 254 g/mol. The SMILES string of the molecule is Cc1nc(NN)c(C)c(SC2CCOCC2)n1. The average Bonchev–Trinajstić information content (AvgIpc) is 2.34. The Morgan fingerprint density at radius 2 is 2.00 bits per heavy atom. The Kier molecular flexibility index (Phi) is 4.20. The van der Waals surface area contributed by atoms with Crippen LogP contribution in [-0.2, 0) is 4.74 Å². The van der Waals surface area contributed by atoms with Crippen LogP contribution >= 0.6 is 11.8 Å². The summed E-state index contributed by atoms with van der Waals surface area (Å²) in [7, 11) is 0. The minimum atomic E-state index is 0.586. The van der Waals surface area contributed by atoms with Crippen molar-refractivity contribution in [3.8, 4) is 0 Å². The Bertz CT molecular complexity index is 393. The summed E-state index contributed by atoms with van der Waals surface area (Å²) in [6.45, 7) is 5.58. The predicted molar refractivity (Wildman–Crippen MR) is 69.0 cm³/mol. The molecule has 3 N–H and O–H groups in total. The first kappa shape index (κ1) is 12.6. The fourth-order valence-corrected chi connectivity index (χ4v) is 3.01. The van der Waals surface area contributed by atoms with Crippen LogP contribution in [-0.4, -0.2) is 28.4 Å². The molecule has 2 rings (SSSR count). The Morgan fingerprint density at radius 3 is 2.65 bits per heavy atom. The van der Waals surface area contributed by atoms with Gasteiger partial charge in [0.1, 0.15) is 16.7 Å². The zero-order chi connectivity index (χ0) is 12.3. The molecule has 0 saturated carbocycles. The minimum Gasteiger partial charge on any atom is -0.381 e. The number of hydrogen-bond acceptors (Lipinski definition) is 6. The maximum absolute atomic E-state index is 5.45. The highest BCUT2D eigenvalue weighted by molar-refractivity contribution is 7.99. The summed E-state index contributed by atoms with van der Waals surface area (Å²) in [5.74, 6) is 6.92. The van der Waals surface area contributed by atoms with E-state index in [4.69, 9.17) is 10.6 Å².